The molecule has 3 aromatic carbocycles. The third kappa shape index (κ3) is 2.41. The number of hydrogen-bond donors (Lipinski definition) is 0. The molecule has 0 spiro atoms. The first-order chi connectivity index (χ1) is 12.3. The van der Waals surface area contributed by atoms with Gasteiger partial charge in [0.2, 0.25) is 12.7 Å². The number of rotatable bonds is 2. The molecule has 25 heavy (non-hydrogen) atoms. The van der Waals surface area contributed by atoms with Crippen molar-refractivity contribution in [2.24, 2.45) is 0 Å². The third-order valence-electron chi connectivity index (χ3n) is 4.19. The lowest BCUT2D eigenvalue weighted by molar-refractivity contribution is 0.174. The Bertz CT molecular complexity index is 1090. The Morgan fingerprint density at radius 2 is 1.48 bits per heavy atom. The molecule has 4 nitrogen and oxygen atoms in total. The molecule has 0 unspecified atom stereocenters. The first-order valence-corrected chi connectivity index (χ1v) is 7.83. The number of nitrogens with zero attached hydrogens (tertiary/aromatic N) is 1. The molecule has 0 N–H and O–H groups in total. The maximum Gasteiger partial charge on any atom is 0.231 e. The first-order valence-electron chi connectivity index (χ1n) is 7.83. The summed E-state index contributed by atoms with van der Waals surface area (Å²) in [5.41, 5.74) is 4.17. The summed E-state index contributed by atoms with van der Waals surface area (Å²) in [6.45, 7) is 0.251. The fourth-order valence-electron chi connectivity index (χ4n) is 2.90. The highest BCUT2D eigenvalue weighted by atomic mass is 19.1. The smallest absolute Gasteiger partial charge is 0.231 e. The molecule has 0 bridgehead atoms. The van der Waals surface area contributed by atoms with Crippen molar-refractivity contribution in [3.63, 3.8) is 0 Å². The van der Waals surface area contributed by atoms with Crippen LogP contribution in [0.4, 0.5) is 4.39 Å². The van der Waals surface area contributed by atoms with Crippen LogP contribution in [-0.2, 0) is 0 Å². The minimum absolute atomic E-state index is 0.251. The van der Waals surface area contributed by atoms with Crippen LogP contribution < -0.4 is 9.47 Å². The standard InChI is InChI=1S/C20H12FNO3/c21-15-5-1-12(2-6-15)20-22-16-7-3-13(9-18(16)25-20)14-4-8-17-19(10-14)24-11-23-17/h1-10H,11H2. The highest BCUT2D eigenvalue weighted by Gasteiger charge is 2.15. The second-order valence-corrected chi connectivity index (χ2v) is 5.78. The molecule has 2 heterocycles. The summed E-state index contributed by atoms with van der Waals surface area (Å²) in [6, 6.07) is 17.7. The normalized spacial score (nSPS) is 12.7. The fraction of sp³-hybridized carbons (Fsp3) is 0.0500. The molecule has 0 amide bonds. The van der Waals surface area contributed by atoms with Crippen LogP contribution >= 0.6 is 0 Å². The SMILES string of the molecule is Fc1ccc(-c2nc3ccc(-c4ccc5c(c4)OCO5)cc3o2)cc1. The van der Waals surface area contributed by atoms with Crippen molar-refractivity contribution < 1.29 is 18.3 Å². The van der Waals surface area contributed by atoms with E-state index in [1.54, 1.807) is 12.1 Å². The van der Waals surface area contributed by atoms with Gasteiger partial charge < -0.3 is 13.9 Å². The van der Waals surface area contributed by atoms with Crippen molar-refractivity contribution in [3.8, 4) is 34.1 Å². The maximum absolute atomic E-state index is 13.1. The molecule has 0 aliphatic carbocycles. The molecule has 5 rings (SSSR count). The maximum atomic E-state index is 13.1. The van der Waals surface area contributed by atoms with Crippen LogP contribution in [0.3, 0.4) is 0 Å². The zero-order chi connectivity index (χ0) is 16.8. The largest absolute Gasteiger partial charge is 0.454 e. The summed E-state index contributed by atoms with van der Waals surface area (Å²) in [7, 11) is 0. The molecule has 122 valence electrons. The Morgan fingerprint density at radius 1 is 0.760 bits per heavy atom. The Kier molecular flexibility index (Phi) is 3.00. The van der Waals surface area contributed by atoms with Gasteiger partial charge in [-0.25, -0.2) is 9.37 Å². The predicted molar refractivity (Wildman–Crippen MR) is 91.0 cm³/mol. The molecular formula is C20H12FNO3. The van der Waals surface area contributed by atoms with Gasteiger partial charge in [-0.15, -0.1) is 0 Å². The number of fused-ring (bicyclic) bond motifs is 2. The Hall–Kier alpha value is -3.34. The molecule has 0 radical (unpaired) electrons. The van der Waals surface area contributed by atoms with E-state index in [-0.39, 0.29) is 12.6 Å². The van der Waals surface area contributed by atoms with Gasteiger partial charge in [0.1, 0.15) is 11.3 Å². The quantitative estimate of drug-likeness (QED) is 0.516. The van der Waals surface area contributed by atoms with E-state index in [2.05, 4.69) is 4.98 Å². The second kappa shape index (κ2) is 5.34. The zero-order valence-electron chi connectivity index (χ0n) is 13.0. The van der Waals surface area contributed by atoms with Crippen LogP contribution in [0.15, 0.2) is 65.1 Å². The second-order valence-electron chi connectivity index (χ2n) is 5.78. The van der Waals surface area contributed by atoms with Crippen molar-refractivity contribution in [1.82, 2.24) is 4.98 Å². The van der Waals surface area contributed by atoms with Gasteiger partial charge in [-0.1, -0.05) is 12.1 Å². The Labute approximate surface area is 142 Å². The van der Waals surface area contributed by atoms with E-state index in [4.69, 9.17) is 13.9 Å². The Balaban J connectivity index is 1.56. The average Bonchev–Trinajstić information content (AvgIpc) is 3.27. The van der Waals surface area contributed by atoms with E-state index in [1.165, 1.54) is 12.1 Å². The zero-order valence-corrected chi connectivity index (χ0v) is 13.0. The average molecular weight is 333 g/mol. The number of ether oxygens (including phenoxy) is 2. The first kappa shape index (κ1) is 14.0. The van der Waals surface area contributed by atoms with Crippen LogP contribution in [0.5, 0.6) is 11.5 Å². The van der Waals surface area contributed by atoms with Crippen molar-refractivity contribution in [3.05, 3.63) is 66.5 Å². The summed E-state index contributed by atoms with van der Waals surface area (Å²) in [5.74, 6) is 1.67. The number of halogens is 1. The Morgan fingerprint density at radius 3 is 2.36 bits per heavy atom. The molecule has 5 heteroatoms. The van der Waals surface area contributed by atoms with E-state index in [0.717, 1.165) is 33.7 Å². The molecule has 0 saturated carbocycles. The van der Waals surface area contributed by atoms with E-state index in [0.29, 0.717) is 11.5 Å². The molecule has 1 aliphatic rings. The van der Waals surface area contributed by atoms with Gasteiger partial charge in [0.15, 0.2) is 17.1 Å². The van der Waals surface area contributed by atoms with Crippen LogP contribution in [0, 0.1) is 5.82 Å². The highest BCUT2D eigenvalue weighted by molar-refractivity contribution is 5.82. The fourth-order valence-corrected chi connectivity index (χ4v) is 2.90. The lowest BCUT2D eigenvalue weighted by Crippen LogP contribution is -1.92. The van der Waals surface area contributed by atoms with E-state index in [9.17, 15) is 4.39 Å². The molecule has 0 atom stereocenters. The number of aromatic nitrogens is 1. The number of benzene rings is 3. The molecule has 0 fully saturated rings. The summed E-state index contributed by atoms with van der Waals surface area (Å²) >= 11 is 0. The van der Waals surface area contributed by atoms with E-state index in [1.807, 2.05) is 36.4 Å². The van der Waals surface area contributed by atoms with Crippen LogP contribution in [0.25, 0.3) is 33.7 Å². The van der Waals surface area contributed by atoms with Gasteiger partial charge in [0, 0.05) is 5.56 Å². The molecule has 1 aromatic heterocycles. The number of oxazole rings is 1. The van der Waals surface area contributed by atoms with Crippen molar-refractivity contribution in [2.45, 2.75) is 0 Å². The molecule has 4 aromatic rings. The monoisotopic (exact) mass is 333 g/mol. The van der Waals surface area contributed by atoms with Gasteiger partial charge in [-0.2, -0.15) is 0 Å². The van der Waals surface area contributed by atoms with Gasteiger partial charge in [0.05, 0.1) is 0 Å². The van der Waals surface area contributed by atoms with Gasteiger partial charge in [-0.05, 0) is 59.7 Å². The summed E-state index contributed by atoms with van der Waals surface area (Å²) in [5, 5.41) is 0. The van der Waals surface area contributed by atoms with Crippen LogP contribution in [0.1, 0.15) is 0 Å². The van der Waals surface area contributed by atoms with Crippen LogP contribution in [-0.4, -0.2) is 11.8 Å². The van der Waals surface area contributed by atoms with Gasteiger partial charge in [0.25, 0.3) is 0 Å². The number of hydrogen-bond acceptors (Lipinski definition) is 4. The predicted octanol–water partition coefficient (Wildman–Crippen LogP) is 5.03. The topological polar surface area (TPSA) is 44.5 Å². The van der Waals surface area contributed by atoms with Crippen molar-refractivity contribution in [2.75, 3.05) is 6.79 Å². The minimum Gasteiger partial charge on any atom is -0.454 e. The minimum atomic E-state index is -0.287. The van der Waals surface area contributed by atoms with Crippen LogP contribution in [0.2, 0.25) is 0 Å². The lowest BCUT2D eigenvalue weighted by Gasteiger charge is -2.03. The molecular weight excluding hydrogens is 321 g/mol. The summed E-state index contributed by atoms with van der Waals surface area (Å²) in [4.78, 5) is 4.47. The van der Waals surface area contributed by atoms with E-state index >= 15 is 0 Å². The molecule has 0 saturated heterocycles. The van der Waals surface area contributed by atoms with Crippen molar-refractivity contribution in [1.29, 1.82) is 0 Å². The summed E-state index contributed by atoms with van der Waals surface area (Å²) < 4.78 is 29.7. The van der Waals surface area contributed by atoms with Crippen molar-refractivity contribution >= 4 is 11.1 Å². The third-order valence-corrected chi connectivity index (χ3v) is 4.19. The lowest BCUT2D eigenvalue weighted by atomic mass is 10.0. The van der Waals surface area contributed by atoms with Gasteiger partial charge in [-0.3, -0.25) is 0 Å². The summed E-state index contributed by atoms with van der Waals surface area (Å²) in [6.07, 6.45) is 0. The van der Waals surface area contributed by atoms with Gasteiger partial charge >= 0.3 is 0 Å². The van der Waals surface area contributed by atoms with E-state index < -0.39 is 0 Å². The molecule has 1 aliphatic heterocycles. The highest BCUT2D eigenvalue weighted by Crippen LogP contribution is 2.37.